The summed E-state index contributed by atoms with van der Waals surface area (Å²) in [7, 11) is 0. The minimum Gasteiger partial charge on any atom is -0.395 e. The van der Waals surface area contributed by atoms with Crippen molar-refractivity contribution < 1.29 is 9.50 Å². The van der Waals surface area contributed by atoms with Crippen molar-refractivity contribution in [1.82, 2.24) is 5.32 Å². The van der Waals surface area contributed by atoms with Gasteiger partial charge in [0.05, 0.1) is 6.61 Å². The highest BCUT2D eigenvalue weighted by molar-refractivity contribution is 5.19. The molecule has 0 heterocycles. The first kappa shape index (κ1) is 11.1. The summed E-state index contributed by atoms with van der Waals surface area (Å²) in [6, 6.07) is 6.55. The predicted molar refractivity (Wildman–Crippen MR) is 54.5 cm³/mol. The lowest BCUT2D eigenvalue weighted by atomic mass is 10.1. The van der Waals surface area contributed by atoms with Gasteiger partial charge in [-0.15, -0.1) is 0 Å². The van der Waals surface area contributed by atoms with Gasteiger partial charge >= 0.3 is 0 Å². The van der Waals surface area contributed by atoms with Gasteiger partial charge in [-0.05, 0) is 31.5 Å². The van der Waals surface area contributed by atoms with Crippen LogP contribution in [0.2, 0.25) is 0 Å². The van der Waals surface area contributed by atoms with E-state index in [2.05, 4.69) is 5.32 Å². The maximum Gasteiger partial charge on any atom is 0.123 e. The number of hydrogen-bond acceptors (Lipinski definition) is 2. The van der Waals surface area contributed by atoms with E-state index in [9.17, 15) is 4.39 Å². The minimum atomic E-state index is -0.226. The first-order valence-corrected chi connectivity index (χ1v) is 4.76. The molecule has 2 atom stereocenters. The molecule has 1 aromatic carbocycles. The minimum absolute atomic E-state index is 0.0510. The van der Waals surface area contributed by atoms with Crippen molar-refractivity contribution in [2.75, 3.05) is 6.61 Å². The van der Waals surface area contributed by atoms with E-state index in [0.717, 1.165) is 5.56 Å². The Morgan fingerprint density at radius 1 is 1.29 bits per heavy atom. The molecule has 2 N–H and O–H groups in total. The van der Waals surface area contributed by atoms with Gasteiger partial charge in [0.1, 0.15) is 5.82 Å². The molecule has 0 aromatic heterocycles. The number of halogens is 1. The van der Waals surface area contributed by atoms with Gasteiger partial charge in [-0.2, -0.15) is 0 Å². The lowest BCUT2D eigenvalue weighted by Crippen LogP contribution is -2.31. The van der Waals surface area contributed by atoms with Gasteiger partial charge in [-0.25, -0.2) is 4.39 Å². The maximum atomic E-state index is 12.6. The molecule has 0 amide bonds. The van der Waals surface area contributed by atoms with E-state index in [1.165, 1.54) is 12.1 Å². The van der Waals surface area contributed by atoms with Gasteiger partial charge in [0, 0.05) is 12.1 Å². The van der Waals surface area contributed by atoms with E-state index < -0.39 is 0 Å². The van der Waals surface area contributed by atoms with Crippen LogP contribution in [-0.2, 0) is 0 Å². The summed E-state index contributed by atoms with van der Waals surface area (Å²) in [5, 5.41) is 12.0. The van der Waals surface area contributed by atoms with E-state index >= 15 is 0 Å². The van der Waals surface area contributed by atoms with Crippen molar-refractivity contribution in [2.45, 2.75) is 25.9 Å². The monoisotopic (exact) mass is 197 g/mol. The van der Waals surface area contributed by atoms with Crippen LogP contribution in [0, 0.1) is 5.82 Å². The van der Waals surface area contributed by atoms with Crippen LogP contribution < -0.4 is 5.32 Å². The van der Waals surface area contributed by atoms with Gasteiger partial charge in [0.2, 0.25) is 0 Å². The van der Waals surface area contributed by atoms with Crippen LogP contribution in [0.3, 0.4) is 0 Å². The zero-order valence-electron chi connectivity index (χ0n) is 8.50. The van der Waals surface area contributed by atoms with Crippen molar-refractivity contribution in [3.05, 3.63) is 35.6 Å². The van der Waals surface area contributed by atoms with Crippen LogP contribution in [0.4, 0.5) is 4.39 Å². The fourth-order valence-corrected chi connectivity index (χ4v) is 1.33. The van der Waals surface area contributed by atoms with E-state index in [1.807, 2.05) is 13.8 Å². The zero-order valence-corrected chi connectivity index (χ0v) is 8.50. The molecule has 78 valence electrons. The molecule has 0 aliphatic heterocycles. The second kappa shape index (κ2) is 5.08. The fourth-order valence-electron chi connectivity index (χ4n) is 1.33. The second-order valence-electron chi connectivity index (χ2n) is 3.52. The highest BCUT2D eigenvalue weighted by Crippen LogP contribution is 2.13. The molecule has 0 spiro atoms. The van der Waals surface area contributed by atoms with Crippen LogP contribution in [0.5, 0.6) is 0 Å². The van der Waals surface area contributed by atoms with E-state index in [1.54, 1.807) is 12.1 Å². The van der Waals surface area contributed by atoms with Gasteiger partial charge < -0.3 is 10.4 Å². The third-order valence-electron chi connectivity index (χ3n) is 2.18. The van der Waals surface area contributed by atoms with Crippen LogP contribution in [0.25, 0.3) is 0 Å². The normalized spacial score (nSPS) is 15.1. The smallest absolute Gasteiger partial charge is 0.123 e. The van der Waals surface area contributed by atoms with E-state index in [-0.39, 0.29) is 24.5 Å². The summed E-state index contributed by atoms with van der Waals surface area (Å²) in [4.78, 5) is 0. The summed E-state index contributed by atoms with van der Waals surface area (Å²) < 4.78 is 12.6. The number of aliphatic hydroxyl groups is 1. The molecule has 0 bridgehead atoms. The Morgan fingerprint density at radius 2 is 1.86 bits per heavy atom. The standard InChI is InChI=1S/C11H16FNO/c1-8(7-14)13-9(2)10-3-5-11(12)6-4-10/h3-6,8-9,13-14H,7H2,1-2H3/t8-,9-/m1/s1. The Morgan fingerprint density at radius 3 is 2.36 bits per heavy atom. The predicted octanol–water partition coefficient (Wildman–Crippen LogP) is 1.86. The van der Waals surface area contributed by atoms with Gasteiger partial charge in [-0.1, -0.05) is 12.1 Å². The number of aliphatic hydroxyl groups excluding tert-OH is 1. The van der Waals surface area contributed by atoms with Gasteiger partial charge in [-0.3, -0.25) is 0 Å². The number of nitrogens with one attached hydrogen (secondary N) is 1. The fraction of sp³-hybridized carbons (Fsp3) is 0.455. The molecule has 3 heteroatoms. The van der Waals surface area contributed by atoms with Crippen LogP contribution in [0.15, 0.2) is 24.3 Å². The SMILES string of the molecule is C[C@H](CO)N[C@H](C)c1ccc(F)cc1. The maximum absolute atomic E-state index is 12.6. The summed E-state index contributed by atoms with van der Waals surface area (Å²) in [5.74, 6) is -0.226. The van der Waals surface area contributed by atoms with Crippen molar-refractivity contribution in [2.24, 2.45) is 0 Å². The molecule has 0 saturated heterocycles. The van der Waals surface area contributed by atoms with Crippen LogP contribution >= 0.6 is 0 Å². The highest BCUT2D eigenvalue weighted by Gasteiger charge is 2.07. The molecule has 1 aromatic rings. The Labute approximate surface area is 83.8 Å². The van der Waals surface area contributed by atoms with Crippen molar-refractivity contribution in [3.63, 3.8) is 0 Å². The molecule has 14 heavy (non-hydrogen) atoms. The Balaban J connectivity index is 2.60. The first-order valence-electron chi connectivity index (χ1n) is 4.76. The molecule has 1 rings (SSSR count). The number of rotatable bonds is 4. The molecule has 0 radical (unpaired) electrons. The number of benzene rings is 1. The molecular weight excluding hydrogens is 181 g/mol. The molecule has 0 saturated carbocycles. The third-order valence-corrected chi connectivity index (χ3v) is 2.18. The highest BCUT2D eigenvalue weighted by atomic mass is 19.1. The first-order chi connectivity index (χ1) is 6.63. The second-order valence-corrected chi connectivity index (χ2v) is 3.52. The summed E-state index contributed by atoms with van der Waals surface area (Å²) >= 11 is 0. The number of hydrogen-bond donors (Lipinski definition) is 2. The van der Waals surface area contributed by atoms with Crippen LogP contribution in [-0.4, -0.2) is 17.8 Å². The molecule has 2 nitrogen and oxygen atoms in total. The lowest BCUT2D eigenvalue weighted by molar-refractivity contribution is 0.243. The van der Waals surface area contributed by atoms with Gasteiger partial charge in [0.15, 0.2) is 0 Å². The molecule has 0 aliphatic carbocycles. The molecule has 0 aliphatic rings. The van der Waals surface area contributed by atoms with E-state index in [0.29, 0.717) is 0 Å². The Bertz CT molecular complexity index is 273. The van der Waals surface area contributed by atoms with E-state index in [4.69, 9.17) is 5.11 Å². The lowest BCUT2D eigenvalue weighted by Gasteiger charge is -2.18. The average molecular weight is 197 g/mol. The molecule has 0 fully saturated rings. The summed E-state index contributed by atoms with van der Waals surface area (Å²) in [6.07, 6.45) is 0. The Hall–Kier alpha value is -0.930. The molecule has 0 unspecified atom stereocenters. The topological polar surface area (TPSA) is 32.3 Å². The average Bonchev–Trinajstić information content (AvgIpc) is 2.18. The Kier molecular flexibility index (Phi) is 4.04. The van der Waals surface area contributed by atoms with Crippen molar-refractivity contribution in [3.8, 4) is 0 Å². The van der Waals surface area contributed by atoms with Gasteiger partial charge in [0.25, 0.3) is 0 Å². The van der Waals surface area contributed by atoms with Crippen molar-refractivity contribution >= 4 is 0 Å². The third kappa shape index (κ3) is 3.09. The van der Waals surface area contributed by atoms with Crippen LogP contribution in [0.1, 0.15) is 25.5 Å². The summed E-state index contributed by atoms with van der Waals surface area (Å²) in [5.41, 5.74) is 1.02. The quantitative estimate of drug-likeness (QED) is 0.772. The largest absolute Gasteiger partial charge is 0.395 e. The molecular formula is C11H16FNO. The van der Waals surface area contributed by atoms with Crippen molar-refractivity contribution in [1.29, 1.82) is 0 Å². The summed E-state index contributed by atoms with van der Waals surface area (Å²) in [6.45, 7) is 3.99. The zero-order chi connectivity index (χ0) is 10.6.